The van der Waals surface area contributed by atoms with Crippen LogP contribution in [0, 0.1) is 0 Å². The van der Waals surface area contributed by atoms with Gasteiger partial charge in [0.25, 0.3) is 0 Å². The Hall–Kier alpha value is -0.450. The SMILES string of the molecule is c1nc(CN(CC2CCCN2)C2CC2)cs1. The highest BCUT2D eigenvalue weighted by Gasteiger charge is 2.31. The molecule has 2 fully saturated rings. The van der Waals surface area contributed by atoms with Gasteiger partial charge in [0.15, 0.2) is 0 Å². The van der Waals surface area contributed by atoms with Crippen LogP contribution in [-0.2, 0) is 6.54 Å². The van der Waals surface area contributed by atoms with Gasteiger partial charge in [0.2, 0.25) is 0 Å². The van der Waals surface area contributed by atoms with Gasteiger partial charge in [0.1, 0.15) is 0 Å². The zero-order valence-electron chi connectivity index (χ0n) is 9.56. The molecule has 4 heteroatoms. The first-order chi connectivity index (χ1) is 7.92. The molecule has 1 aliphatic heterocycles. The summed E-state index contributed by atoms with van der Waals surface area (Å²) >= 11 is 1.70. The monoisotopic (exact) mass is 237 g/mol. The molecule has 0 spiro atoms. The highest BCUT2D eigenvalue weighted by molar-refractivity contribution is 7.07. The quantitative estimate of drug-likeness (QED) is 0.847. The molecule has 1 N–H and O–H groups in total. The summed E-state index contributed by atoms with van der Waals surface area (Å²) in [5.74, 6) is 0. The van der Waals surface area contributed by atoms with E-state index < -0.39 is 0 Å². The van der Waals surface area contributed by atoms with E-state index in [9.17, 15) is 0 Å². The van der Waals surface area contributed by atoms with Crippen LogP contribution < -0.4 is 5.32 Å². The largest absolute Gasteiger partial charge is 0.313 e. The van der Waals surface area contributed by atoms with Crippen LogP contribution in [0.2, 0.25) is 0 Å². The summed E-state index contributed by atoms with van der Waals surface area (Å²) in [4.78, 5) is 7.02. The molecule has 2 heterocycles. The minimum absolute atomic E-state index is 0.722. The van der Waals surface area contributed by atoms with E-state index in [4.69, 9.17) is 0 Å². The minimum atomic E-state index is 0.722. The van der Waals surface area contributed by atoms with Gasteiger partial charge < -0.3 is 5.32 Å². The van der Waals surface area contributed by atoms with E-state index in [1.807, 2.05) is 5.51 Å². The third kappa shape index (κ3) is 2.62. The number of rotatable bonds is 5. The van der Waals surface area contributed by atoms with E-state index in [-0.39, 0.29) is 0 Å². The Balaban J connectivity index is 1.57. The van der Waals surface area contributed by atoms with Crippen LogP contribution in [0.1, 0.15) is 31.4 Å². The summed E-state index contributed by atoms with van der Waals surface area (Å²) in [6.07, 6.45) is 5.47. The van der Waals surface area contributed by atoms with E-state index in [1.165, 1.54) is 44.5 Å². The van der Waals surface area contributed by atoms with Crippen LogP contribution in [-0.4, -0.2) is 35.1 Å². The van der Waals surface area contributed by atoms with Crippen molar-refractivity contribution in [1.82, 2.24) is 15.2 Å². The van der Waals surface area contributed by atoms with Crippen LogP contribution in [0.25, 0.3) is 0 Å². The average molecular weight is 237 g/mol. The number of hydrogen-bond acceptors (Lipinski definition) is 4. The minimum Gasteiger partial charge on any atom is -0.313 e. The van der Waals surface area contributed by atoms with Gasteiger partial charge in [-0.15, -0.1) is 11.3 Å². The molecular formula is C12H19N3S. The third-order valence-electron chi connectivity index (χ3n) is 3.53. The topological polar surface area (TPSA) is 28.2 Å². The zero-order chi connectivity index (χ0) is 10.8. The van der Waals surface area contributed by atoms with Crippen molar-refractivity contribution in [2.75, 3.05) is 13.1 Å². The lowest BCUT2D eigenvalue weighted by Crippen LogP contribution is -2.38. The van der Waals surface area contributed by atoms with E-state index in [0.29, 0.717) is 0 Å². The fraction of sp³-hybridized carbons (Fsp3) is 0.750. The summed E-state index contributed by atoms with van der Waals surface area (Å²) in [6.45, 7) is 3.47. The summed E-state index contributed by atoms with van der Waals surface area (Å²) < 4.78 is 0. The maximum atomic E-state index is 4.40. The van der Waals surface area contributed by atoms with Crippen LogP contribution in [0.3, 0.4) is 0 Å². The number of thiazole rings is 1. The Labute approximate surface area is 101 Å². The van der Waals surface area contributed by atoms with Crippen molar-refractivity contribution in [3.05, 3.63) is 16.6 Å². The first kappa shape index (κ1) is 10.7. The molecule has 3 rings (SSSR count). The molecule has 88 valence electrons. The highest BCUT2D eigenvalue weighted by atomic mass is 32.1. The summed E-state index contributed by atoms with van der Waals surface area (Å²) in [5, 5.41) is 5.77. The molecule has 0 radical (unpaired) electrons. The van der Waals surface area contributed by atoms with E-state index in [1.54, 1.807) is 11.3 Å². The fourth-order valence-electron chi connectivity index (χ4n) is 2.50. The lowest BCUT2D eigenvalue weighted by molar-refractivity contribution is 0.229. The van der Waals surface area contributed by atoms with Crippen molar-refractivity contribution in [1.29, 1.82) is 0 Å². The summed E-state index contributed by atoms with van der Waals surface area (Å²) in [5.41, 5.74) is 3.18. The Kier molecular flexibility index (Phi) is 3.22. The highest BCUT2D eigenvalue weighted by Crippen LogP contribution is 2.29. The van der Waals surface area contributed by atoms with Crippen molar-refractivity contribution in [2.24, 2.45) is 0 Å². The van der Waals surface area contributed by atoms with Crippen molar-refractivity contribution >= 4 is 11.3 Å². The molecule has 16 heavy (non-hydrogen) atoms. The molecule has 0 bridgehead atoms. The van der Waals surface area contributed by atoms with Gasteiger partial charge in [0, 0.05) is 30.6 Å². The number of aromatic nitrogens is 1. The van der Waals surface area contributed by atoms with Crippen LogP contribution in [0.15, 0.2) is 10.9 Å². The van der Waals surface area contributed by atoms with Crippen LogP contribution in [0.4, 0.5) is 0 Å². The molecule has 1 atom stereocenters. The number of hydrogen-bond donors (Lipinski definition) is 1. The predicted octanol–water partition coefficient (Wildman–Crippen LogP) is 1.86. The third-order valence-corrected chi connectivity index (χ3v) is 4.16. The number of nitrogens with zero attached hydrogens (tertiary/aromatic N) is 2. The molecule has 1 saturated heterocycles. The Bertz CT molecular complexity index is 315. The Morgan fingerprint density at radius 3 is 3.00 bits per heavy atom. The first-order valence-electron chi connectivity index (χ1n) is 6.26. The van der Waals surface area contributed by atoms with Gasteiger partial charge in [-0.05, 0) is 32.2 Å². The average Bonchev–Trinajstić information content (AvgIpc) is 2.79. The van der Waals surface area contributed by atoms with Crippen LogP contribution >= 0.6 is 11.3 Å². The normalized spacial score (nSPS) is 25.4. The molecule has 1 saturated carbocycles. The van der Waals surface area contributed by atoms with E-state index in [0.717, 1.165) is 18.6 Å². The van der Waals surface area contributed by atoms with Gasteiger partial charge in [0.05, 0.1) is 11.2 Å². The Morgan fingerprint density at radius 2 is 2.38 bits per heavy atom. The molecule has 1 aromatic heterocycles. The van der Waals surface area contributed by atoms with Gasteiger partial charge in [-0.2, -0.15) is 0 Å². The van der Waals surface area contributed by atoms with Crippen LogP contribution in [0.5, 0.6) is 0 Å². The second-order valence-corrected chi connectivity index (χ2v) is 5.65. The molecule has 0 amide bonds. The van der Waals surface area contributed by atoms with Gasteiger partial charge in [-0.3, -0.25) is 4.90 Å². The lowest BCUT2D eigenvalue weighted by Gasteiger charge is -2.24. The second-order valence-electron chi connectivity index (χ2n) is 4.93. The van der Waals surface area contributed by atoms with Gasteiger partial charge in [-0.25, -0.2) is 4.98 Å². The Morgan fingerprint density at radius 1 is 1.44 bits per heavy atom. The van der Waals surface area contributed by atoms with Crippen molar-refractivity contribution in [3.8, 4) is 0 Å². The first-order valence-corrected chi connectivity index (χ1v) is 7.20. The van der Waals surface area contributed by atoms with Gasteiger partial charge in [-0.1, -0.05) is 0 Å². The molecule has 2 aliphatic rings. The predicted molar refractivity (Wildman–Crippen MR) is 66.6 cm³/mol. The standard InChI is InChI=1S/C12H19N3S/c1-2-10(13-5-1)6-15(12-3-4-12)7-11-8-16-9-14-11/h8-10,12-13H,1-7H2. The molecular weight excluding hydrogens is 218 g/mol. The summed E-state index contributed by atoms with van der Waals surface area (Å²) in [6, 6.07) is 1.56. The maximum absolute atomic E-state index is 4.40. The van der Waals surface area contributed by atoms with Crippen molar-refractivity contribution in [2.45, 2.75) is 44.3 Å². The molecule has 1 unspecified atom stereocenters. The van der Waals surface area contributed by atoms with E-state index >= 15 is 0 Å². The molecule has 0 aromatic carbocycles. The van der Waals surface area contributed by atoms with Gasteiger partial charge >= 0.3 is 0 Å². The fourth-order valence-corrected chi connectivity index (χ4v) is 3.05. The number of nitrogens with one attached hydrogen (secondary N) is 1. The molecule has 1 aliphatic carbocycles. The second kappa shape index (κ2) is 4.82. The lowest BCUT2D eigenvalue weighted by atomic mass is 10.2. The van der Waals surface area contributed by atoms with Crippen molar-refractivity contribution in [3.63, 3.8) is 0 Å². The maximum Gasteiger partial charge on any atom is 0.0795 e. The smallest absolute Gasteiger partial charge is 0.0795 e. The van der Waals surface area contributed by atoms with Crippen molar-refractivity contribution < 1.29 is 0 Å². The van der Waals surface area contributed by atoms with E-state index in [2.05, 4.69) is 20.6 Å². The summed E-state index contributed by atoms with van der Waals surface area (Å²) in [7, 11) is 0. The zero-order valence-corrected chi connectivity index (χ0v) is 10.4. The molecule has 1 aromatic rings. The molecule has 3 nitrogen and oxygen atoms in total.